The molecule has 4 rings (SSSR count). The molecule has 7 heteroatoms. The number of aromatic nitrogens is 6. The summed E-state index contributed by atoms with van der Waals surface area (Å²) < 4.78 is 3.84. The summed E-state index contributed by atoms with van der Waals surface area (Å²) in [4.78, 5) is 0. The van der Waals surface area contributed by atoms with Crippen LogP contribution in [0.4, 0.5) is 5.82 Å². The average molecular weight is 297 g/mol. The smallest absolute Gasteiger partial charge is 0.178 e. The van der Waals surface area contributed by atoms with Crippen LogP contribution in [0.2, 0.25) is 0 Å². The Bertz CT molecular complexity index is 761. The van der Waals surface area contributed by atoms with Gasteiger partial charge in [0.2, 0.25) is 0 Å². The highest BCUT2D eigenvalue weighted by atomic mass is 15.4. The topological polar surface area (TPSA) is 72.9 Å². The second kappa shape index (κ2) is 5.40. The van der Waals surface area contributed by atoms with E-state index >= 15 is 0 Å². The molecule has 0 bridgehead atoms. The molecule has 0 aliphatic heterocycles. The van der Waals surface area contributed by atoms with Crippen LogP contribution < -0.4 is 5.32 Å². The number of nitrogens with one attached hydrogen (secondary N) is 1. The summed E-state index contributed by atoms with van der Waals surface area (Å²) in [7, 11) is 0. The molecular weight excluding hydrogens is 278 g/mol. The van der Waals surface area contributed by atoms with Crippen molar-refractivity contribution in [1.82, 2.24) is 29.6 Å². The maximum absolute atomic E-state index is 4.60. The van der Waals surface area contributed by atoms with Crippen molar-refractivity contribution in [2.45, 2.75) is 44.7 Å². The van der Waals surface area contributed by atoms with E-state index in [2.05, 4.69) is 30.4 Å². The molecule has 2 atom stereocenters. The standard InChI is InChI=1S/C15H19N7/c1-11-18-19-15-8-7-14(20-22(11)15)17-12-5-2-3-6-13(12)21-10-4-9-16-21/h4,7-10,12-13H,2-3,5-6H2,1H3,(H,17,20)/t12-,13-/m1/s1. The van der Waals surface area contributed by atoms with E-state index in [1.807, 2.05) is 37.5 Å². The van der Waals surface area contributed by atoms with Crippen LogP contribution in [-0.4, -0.2) is 35.6 Å². The Morgan fingerprint density at radius 1 is 1.18 bits per heavy atom. The van der Waals surface area contributed by atoms with E-state index in [0.717, 1.165) is 30.1 Å². The molecule has 7 nitrogen and oxygen atoms in total. The van der Waals surface area contributed by atoms with Crippen LogP contribution in [0.1, 0.15) is 37.5 Å². The zero-order valence-corrected chi connectivity index (χ0v) is 12.6. The van der Waals surface area contributed by atoms with Gasteiger partial charge in [-0.25, -0.2) is 0 Å². The van der Waals surface area contributed by atoms with Gasteiger partial charge in [-0.05, 0) is 38.0 Å². The summed E-state index contributed by atoms with van der Waals surface area (Å²) in [5.41, 5.74) is 0.773. The molecule has 1 saturated carbocycles. The first-order chi connectivity index (χ1) is 10.8. The van der Waals surface area contributed by atoms with Crippen molar-refractivity contribution in [2.24, 2.45) is 0 Å². The van der Waals surface area contributed by atoms with Gasteiger partial charge < -0.3 is 5.32 Å². The lowest BCUT2D eigenvalue weighted by molar-refractivity contribution is 0.300. The van der Waals surface area contributed by atoms with Crippen LogP contribution >= 0.6 is 0 Å². The van der Waals surface area contributed by atoms with Gasteiger partial charge in [0.1, 0.15) is 5.82 Å². The van der Waals surface area contributed by atoms with Crippen LogP contribution in [-0.2, 0) is 0 Å². The zero-order valence-electron chi connectivity index (χ0n) is 12.6. The minimum absolute atomic E-state index is 0.343. The SMILES string of the molecule is Cc1nnc2ccc(N[C@@H]3CCCC[C@H]3n3cccn3)nn12. The highest BCUT2D eigenvalue weighted by molar-refractivity contribution is 5.44. The first kappa shape index (κ1) is 13.2. The van der Waals surface area contributed by atoms with Gasteiger partial charge in [0.15, 0.2) is 11.5 Å². The van der Waals surface area contributed by atoms with Crippen molar-refractivity contribution in [3.63, 3.8) is 0 Å². The maximum Gasteiger partial charge on any atom is 0.178 e. The molecule has 3 aromatic rings. The van der Waals surface area contributed by atoms with Gasteiger partial charge >= 0.3 is 0 Å². The monoisotopic (exact) mass is 297 g/mol. The molecule has 1 N–H and O–H groups in total. The molecule has 1 aliphatic carbocycles. The van der Waals surface area contributed by atoms with Crippen molar-refractivity contribution in [1.29, 1.82) is 0 Å². The predicted octanol–water partition coefficient (Wildman–Crippen LogP) is 2.23. The molecule has 0 radical (unpaired) electrons. The lowest BCUT2D eigenvalue weighted by Gasteiger charge is -2.32. The zero-order chi connectivity index (χ0) is 14.9. The van der Waals surface area contributed by atoms with E-state index in [1.54, 1.807) is 4.52 Å². The van der Waals surface area contributed by atoms with E-state index in [0.29, 0.717) is 12.1 Å². The molecule has 22 heavy (non-hydrogen) atoms. The Morgan fingerprint density at radius 2 is 2.09 bits per heavy atom. The summed E-state index contributed by atoms with van der Waals surface area (Å²) in [6, 6.07) is 6.62. The minimum atomic E-state index is 0.343. The van der Waals surface area contributed by atoms with E-state index in [-0.39, 0.29) is 0 Å². The summed E-state index contributed by atoms with van der Waals surface area (Å²) in [5.74, 6) is 1.66. The second-order valence-corrected chi connectivity index (χ2v) is 5.82. The van der Waals surface area contributed by atoms with E-state index in [1.165, 1.54) is 12.8 Å². The normalized spacial score (nSPS) is 22.0. The van der Waals surface area contributed by atoms with Gasteiger partial charge in [-0.1, -0.05) is 12.8 Å². The molecular formula is C15H19N7. The number of aryl methyl sites for hydroxylation is 1. The van der Waals surface area contributed by atoms with Gasteiger partial charge in [-0.2, -0.15) is 9.61 Å². The predicted molar refractivity (Wildman–Crippen MR) is 82.7 cm³/mol. The number of nitrogens with zero attached hydrogens (tertiary/aromatic N) is 6. The van der Waals surface area contributed by atoms with Crippen LogP contribution in [0, 0.1) is 6.92 Å². The molecule has 1 aliphatic rings. The first-order valence-corrected chi connectivity index (χ1v) is 7.76. The second-order valence-electron chi connectivity index (χ2n) is 5.82. The van der Waals surface area contributed by atoms with E-state index < -0.39 is 0 Å². The fourth-order valence-electron chi connectivity index (χ4n) is 3.24. The van der Waals surface area contributed by atoms with Crippen LogP contribution in [0.15, 0.2) is 30.6 Å². The Hall–Kier alpha value is -2.44. The van der Waals surface area contributed by atoms with Crippen molar-refractivity contribution in [3.05, 3.63) is 36.4 Å². The number of anilines is 1. The van der Waals surface area contributed by atoms with Crippen molar-refractivity contribution in [2.75, 3.05) is 5.32 Å². The van der Waals surface area contributed by atoms with E-state index in [9.17, 15) is 0 Å². The van der Waals surface area contributed by atoms with Gasteiger partial charge in [-0.15, -0.1) is 15.3 Å². The molecule has 0 aromatic carbocycles. The number of hydrogen-bond donors (Lipinski definition) is 1. The largest absolute Gasteiger partial charge is 0.364 e. The molecule has 0 saturated heterocycles. The molecule has 3 aromatic heterocycles. The first-order valence-electron chi connectivity index (χ1n) is 7.76. The third kappa shape index (κ3) is 2.32. The Morgan fingerprint density at radius 3 is 2.95 bits per heavy atom. The van der Waals surface area contributed by atoms with Crippen molar-refractivity contribution >= 4 is 11.5 Å². The molecule has 1 fully saturated rings. The highest BCUT2D eigenvalue weighted by Gasteiger charge is 2.27. The minimum Gasteiger partial charge on any atom is -0.364 e. The maximum atomic E-state index is 4.60. The lowest BCUT2D eigenvalue weighted by Crippen LogP contribution is -2.34. The third-order valence-corrected chi connectivity index (χ3v) is 4.35. The number of hydrogen-bond acceptors (Lipinski definition) is 5. The van der Waals surface area contributed by atoms with Crippen molar-refractivity contribution < 1.29 is 0 Å². The Kier molecular flexibility index (Phi) is 3.25. The molecule has 0 unspecified atom stereocenters. The van der Waals surface area contributed by atoms with Gasteiger partial charge in [0.25, 0.3) is 0 Å². The van der Waals surface area contributed by atoms with Gasteiger partial charge in [-0.3, -0.25) is 4.68 Å². The van der Waals surface area contributed by atoms with Crippen LogP contribution in [0.3, 0.4) is 0 Å². The number of rotatable bonds is 3. The quantitative estimate of drug-likeness (QED) is 0.802. The molecule has 114 valence electrons. The van der Waals surface area contributed by atoms with Crippen LogP contribution in [0.5, 0.6) is 0 Å². The summed E-state index contributed by atoms with van der Waals surface area (Å²) in [5, 5.41) is 20.7. The third-order valence-electron chi connectivity index (χ3n) is 4.35. The number of fused-ring (bicyclic) bond motifs is 1. The Balaban J connectivity index is 1.60. The van der Waals surface area contributed by atoms with E-state index in [4.69, 9.17) is 0 Å². The lowest BCUT2D eigenvalue weighted by atomic mass is 9.90. The van der Waals surface area contributed by atoms with Crippen LogP contribution in [0.25, 0.3) is 5.65 Å². The Labute approximate surface area is 128 Å². The molecule has 0 amide bonds. The van der Waals surface area contributed by atoms with Gasteiger partial charge in [0.05, 0.1) is 12.1 Å². The molecule has 0 spiro atoms. The summed E-state index contributed by atoms with van der Waals surface area (Å²) in [6.45, 7) is 1.91. The van der Waals surface area contributed by atoms with Gasteiger partial charge in [0, 0.05) is 12.4 Å². The average Bonchev–Trinajstić information content (AvgIpc) is 3.19. The summed E-state index contributed by atoms with van der Waals surface area (Å²) in [6.07, 6.45) is 8.66. The fraction of sp³-hybridized carbons (Fsp3) is 0.467. The summed E-state index contributed by atoms with van der Waals surface area (Å²) >= 11 is 0. The highest BCUT2D eigenvalue weighted by Crippen LogP contribution is 2.30. The fourth-order valence-corrected chi connectivity index (χ4v) is 3.24. The molecule has 3 heterocycles. The van der Waals surface area contributed by atoms with Crippen molar-refractivity contribution in [3.8, 4) is 0 Å².